The van der Waals surface area contributed by atoms with Crippen LogP contribution in [-0.2, 0) is 0 Å². The minimum Gasteiger partial charge on any atom is -0.421 e. The monoisotopic (exact) mass is 363 g/mol. The van der Waals surface area contributed by atoms with Crippen molar-refractivity contribution in [1.29, 1.82) is 0 Å². The molecule has 0 aliphatic rings. The number of rotatable bonds is 3. The number of hydrogen-bond donors (Lipinski definition) is 2. The molecule has 0 saturated carbocycles. The molecule has 3 N–H and O–H groups in total. The first kappa shape index (κ1) is 16.0. The van der Waals surface area contributed by atoms with Gasteiger partial charge in [-0.25, -0.2) is 14.5 Å². The highest BCUT2D eigenvalue weighted by atomic mass is 32.1. The molecule has 0 aliphatic carbocycles. The summed E-state index contributed by atoms with van der Waals surface area (Å²) in [5, 5.41) is 8.06. The maximum atomic E-state index is 12.4. The van der Waals surface area contributed by atoms with Crippen LogP contribution >= 0.6 is 12.2 Å². The fraction of sp³-hybridized carbons (Fsp3) is 0. The average molecular weight is 363 g/mol. The lowest BCUT2D eigenvalue weighted by molar-refractivity contribution is 0.552. The molecular formula is C18H13N5O2S. The van der Waals surface area contributed by atoms with E-state index in [0.717, 1.165) is 10.9 Å². The van der Waals surface area contributed by atoms with Gasteiger partial charge in [-0.05, 0) is 30.4 Å². The Balaban J connectivity index is 1.75. The van der Waals surface area contributed by atoms with Crippen molar-refractivity contribution in [3.63, 3.8) is 0 Å². The van der Waals surface area contributed by atoms with Crippen molar-refractivity contribution in [2.45, 2.75) is 0 Å². The number of nitrogens with two attached hydrogens (primary N) is 1. The minimum absolute atomic E-state index is 0.138. The molecule has 7 nitrogen and oxygen atoms in total. The van der Waals surface area contributed by atoms with Gasteiger partial charge < -0.3 is 15.5 Å². The largest absolute Gasteiger partial charge is 0.421 e. The van der Waals surface area contributed by atoms with Gasteiger partial charge in [0.05, 0.1) is 0 Å². The number of fused-ring (bicyclic) bond motifs is 1. The van der Waals surface area contributed by atoms with Gasteiger partial charge in [0, 0.05) is 22.7 Å². The fourth-order valence-corrected chi connectivity index (χ4v) is 2.70. The highest BCUT2D eigenvalue weighted by Gasteiger charge is 2.11. The topological polar surface area (TPSA) is 99.0 Å². The Hall–Kier alpha value is -3.52. The van der Waals surface area contributed by atoms with Gasteiger partial charge in [-0.1, -0.05) is 30.3 Å². The summed E-state index contributed by atoms with van der Waals surface area (Å²) in [6.07, 6.45) is 1.49. The zero-order valence-corrected chi connectivity index (χ0v) is 14.2. The Morgan fingerprint density at radius 3 is 2.73 bits per heavy atom. The Morgan fingerprint density at radius 2 is 1.96 bits per heavy atom. The molecule has 128 valence electrons. The Labute approximate surface area is 153 Å². The molecule has 0 amide bonds. The number of benzene rings is 2. The summed E-state index contributed by atoms with van der Waals surface area (Å²) >= 11 is 4.81. The lowest BCUT2D eigenvalue weighted by Crippen LogP contribution is -2.18. The minimum atomic E-state index is -0.519. The van der Waals surface area contributed by atoms with Gasteiger partial charge in [0.25, 0.3) is 0 Å². The maximum absolute atomic E-state index is 12.4. The fourth-order valence-electron chi connectivity index (χ4n) is 2.58. The van der Waals surface area contributed by atoms with E-state index in [2.05, 4.69) is 15.4 Å². The molecule has 2 aromatic heterocycles. The zero-order valence-electron chi connectivity index (χ0n) is 13.4. The van der Waals surface area contributed by atoms with E-state index in [1.165, 1.54) is 11.0 Å². The lowest BCUT2D eigenvalue weighted by atomic mass is 10.2. The average Bonchev–Trinajstić information content (AvgIpc) is 3.11. The number of thiocarbonyl (C=S) groups is 1. The molecule has 0 unspecified atom stereocenters. The van der Waals surface area contributed by atoms with Crippen LogP contribution in [0.3, 0.4) is 0 Å². The number of hydrogen-bond acceptors (Lipinski definition) is 5. The molecule has 8 heteroatoms. The van der Waals surface area contributed by atoms with Crippen LogP contribution in [0, 0.1) is 0 Å². The van der Waals surface area contributed by atoms with Gasteiger partial charge in [-0.15, -0.1) is 5.10 Å². The lowest BCUT2D eigenvalue weighted by Gasteiger charge is -2.06. The van der Waals surface area contributed by atoms with E-state index in [1.54, 1.807) is 24.3 Å². The molecule has 0 saturated heterocycles. The summed E-state index contributed by atoms with van der Waals surface area (Å²) in [6.45, 7) is 0. The normalized spacial score (nSPS) is 10.8. The second-order valence-corrected chi connectivity index (χ2v) is 5.98. The standard InChI is InChI=1S/C18H13N5O2S/c19-18(26)21-13-7-6-12-8-14(17(24)25-15(12)9-13)23-10-20-16(22-23)11-4-2-1-3-5-11/h1-10H,(H3,19,21,26). The van der Waals surface area contributed by atoms with Gasteiger partial charge in [-0.2, -0.15) is 0 Å². The number of nitrogens with zero attached hydrogens (tertiary/aromatic N) is 3. The van der Waals surface area contributed by atoms with Crippen LogP contribution in [0.1, 0.15) is 0 Å². The first-order chi connectivity index (χ1) is 12.6. The van der Waals surface area contributed by atoms with E-state index in [1.807, 2.05) is 30.3 Å². The second-order valence-electron chi connectivity index (χ2n) is 5.54. The van der Waals surface area contributed by atoms with E-state index >= 15 is 0 Å². The molecule has 0 radical (unpaired) electrons. The summed E-state index contributed by atoms with van der Waals surface area (Å²) in [5.74, 6) is 0.529. The smallest absolute Gasteiger partial charge is 0.362 e. The molecular weight excluding hydrogens is 350 g/mol. The van der Waals surface area contributed by atoms with Gasteiger partial charge >= 0.3 is 5.63 Å². The van der Waals surface area contributed by atoms with Crippen molar-refractivity contribution in [2.24, 2.45) is 5.73 Å². The van der Waals surface area contributed by atoms with Gasteiger partial charge in [0.2, 0.25) is 0 Å². The first-order valence-electron chi connectivity index (χ1n) is 7.72. The van der Waals surface area contributed by atoms with E-state index in [9.17, 15) is 4.79 Å². The number of aromatic nitrogens is 3. The predicted octanol–water partition coefficient (Wildman–Crippen LogP) is 2.70. The van der Waals surface area contributed by atoms with Crippen molar-refractivity contribution in [3.05, 3.63) is 71.3 Å². The summed E-state index contributed by atoms with van der Waals surface area (Å²) in [4.78, 5) is 16.7. The third-order valence-electron chi connectivity index (χ3n) is 3.76. The van der Waals surface area contributed by atoms with Crippen molar-refractivity contribution in [1.82, 2.24) is 14.8 Å². The quantitative estimate of drug-likeness (QED) is 0.426. The van der Waals surface area contributed by atoms with Crippen molar-refractivity contribution < 1.29 is 4.42 Å². The molecule has 2 aromatic carbocycles. The summed E-state index contributed by atoms with van der Waals surface area (Å²) in [5.41, 5.74) is 7.15. The third-order valence-corrected chi connectivity index (χ3v) is 3.86. The zero-order chi connectivity index (χ0) is 18.1. The van der Waals surface area contributed by atoms with Crippen LogP contribution in [0.4, 0.5) is 5.69 Å². The van der Waals surface area contributed by atoms with Crippen LogP contribution in [0.15, 0.2) is 70.1 Å². The van der Waals surface area contributed by atoms with Crippen LogP contribution in [0.5, 0.6) is 0 Å². The SMILES string of the molecule is NC(=S)Nc1ccc2cc(-n3cnc(-c4ccccc4)n3)c(=O)oc2c1. The molecule has 0 atom stereocenters. The van der Waals surface area contributed by atoms with Crippen molar-refractivity contribution in [3.8, 4) is 17.1 Å². The molecule has 4 aromatic rings. The van der Waals surface area contributed by atoms with Crippen LogP contribution in [0.25, 0.3) is 28.0 Å². The van der Waals surface area contributed by atoms with E-state index in [-0.39, 0.29) is 10.8 Å². The molecule has 0 bridgehead atoms. The molecule has 0 spiro atoms. The number of nitrogens with one attached hydrogen (secondary N) is 1. The summed E-state index contributed by atoms with van der Waals surface area (Å²) in [7, 11) is 0. The van der Waals surface area contributed by atoms with E-state index < -0.39 is 5.63 Å². The first-order valence-corrected chi connectivity index (χ1v) is 8.13. The van der Waals surface area contributed by atoms with Gasteiger partial charge in [0.1, 0.15) is 11.9 Å². The van der Waals surface area contributed by atoms with Crippen molar-refractivity contribution >= 4 is 34.0 Å². The molecule has 0 fully saturated rings. The molecule has 26 heavy (non-hydrogen) atoms. The van der Waals surface area contributed by atoms with Crippen LogP contribution < -0.4 is 16.7 Å². The Kier molecular flexibility index (Phi) is 3.94. The summed E-state index contributed by atoms with van der Waals surface area (Å²) < 4.78 is 6.83. The summed E-state index contributed by atoms with van der Waals surface area (Å²) in [6, 6.07) is 16.5. The van der Waals surface area contributed by atoms with Crippen LogP contribution in [0.2, 0.25) is 0 Å². The predicted molar refractivity (Wildman–Crippen MR) is 103 cm³/mol. The van der Waals surface area contributed by atoms with E-state index in [0.29, 0.717) is 17.1 Å². The third kappa shape index (κ3) is 3.05. The Bertz CT molecular complexity index is 1170. The van der Waals surface area contributed by atoms with Crippen LogP contribution in [-0.4, -0.2) is 19.9 Å². The molecule has 4 rings (SSSR count). The Morgan fingerprint density at radius 1 is 1.15 bits per heavy atom. The number of anilines is 1. The van der Waals surface area contributed by atoms with E-state index in [4.69, 9.17) is 22.4 Å². The second kappa shape index (κ2) is 6.41. The van der Waals surface area contributed by atoms with Gasteiger partial charge in [0.15, 0.2) is 16.6 Å². The maximum Gasteiger partial charge on any atom is 0.362 e. The molecule has 0 aliphatic heterocycles. The van der Waals surface area contributed by atoms with Crippen molar-refractivity contribution in [2.75, 3.05) is 5.32 Å². The van der Waals surface area contributed by atoms with Gasteiger partial charge in [-0.3, -0.25) is 0 Å². The highest BCUT2D eigenvalue weighted by molar-refractivity contribution is 7.80. The molecule has 2 heterocycles. The highest BCUT2D eigenvalue weighted by Crippen LogP contribution is 2.20.